The van der Waals surface area contributed by atoms with Crippen molar-refractivity contribution in [2.24, 2.45) is 5.92 Å². The molecule has 1 aliphatic heterocycles. The number of aromatic nitrogens is 3. The van der Waals surface area contributed by atoms with Crippen LogP contribution < -0.4 is 16.2 Å². The topological polar surface area (TPSA) is 101 Å². The lowest BCUT2D eigenvalue weighted by Crippen LogP contribution is -2.34. The van der Waals surface area contributed by atoms with Gasteiger partial charge in [-0.05, 0) is 38.1 Å². The molecule has 2 aromatic heterocycles. The van der Waals surface area contributed by atoms with Gasteiger partial charge in [0.05, 0.1) is 5.69 Å². The Morgan fingerprint density at radius 2 is 2.14 bits per heavy atom. The smallest absolute Gasteiger partial charge is 0.291 e. The number of nitrogens with one attached hydrogen (secondary N) is 2. The normalized spacial score (nSPS) is 19.6. The third kappa shape index (κ3) is 3.89. The number of amides is 1. The average Bonchev–Trinajstić information content (AvgIpc) is 3.33. The molecule has 28 heavy (non-hydrogen) atoms. The Bertz CT molecular complexity index is 926. The van der Waals surface area contributed by atoms with Crippen LogP contribution in [-0.2, 0) is 6.54 Å². The van der Waals surface area contributed by atoms with E-state index in [9.17, 15) is 14.7 Å². The van der Waals surface area contributed by atoms with E-state index in [1.807, 2.05) is 19.9 Å². The summed E-state index contributed by atoms with van der Waals surface area (Å²) in [6.07, 6.45) is 3.90. The molecule has 1 atom stereocenters. The number of hydrogen-bond acceptors (Lipinski definition) is 5. The molecule has 1 aliphatic carbocycles. The number of fused-ring (bicyclic) bond motifs is 1. The molecule has 1 saturated carbocycles. The molecule has 1 amide bonds. The van der Waals surface area contributed by atoms with Crippen LogP contribution in [0.2, 0.25) is 0 Å². The minimum Gasteiger partial charge on any atom is -0.494 e. The van der Waals surface area contributed by atoms with Gasteiger partial charge in [0.2, 0.25) is 5.88 Å². The van der Waals surface area contributed by atoms with Crippen molar-refractivity contribution in [3.63, 3.8) is 0 Å². The molecule has 3 heterocycles. The van der Waals surface area contributed by atoms with Crippen LogP contribution in [0.1, 0.15) is 61.5 Å². The summed E-state index contributed by atoms with van der Waals surface area (Å²) in [5.74, 6) is -0.323. The Kier molecular flexibility index (Phi) is 6.00. The molecule has 154 valence electrons. The van der Waals surface area contributed by atoms with Crippen LogP contribution in [0, 0.1) is 5.92 Å². The number of piperidine rings is 1. The van der Waals surface area contributed by atoms with E-state index in [0.717, 1.165) is 44.5 Å². The summed E-state index contributed by atoms with van der Waals surface area (Å²) in [6, 6.07) is 1.98. The van der Waals surface area contributed by atoms with E-state index in [1.54, 1.807) is 4.57 Å². The van der Waals surface area contributed by atoms with Crippen molar-refractivity contribution in [1.29, 1.82) is 0 Å². The first-order chi connectivity index (χ1) is 13.0. The number of aromatic hydroxyl groups is 1. The molecular formula is C19H28ClN5O3. The van der Waals surface area contributed by atoms with Crippen LogP contribution in [0.5, 0.6) is 5.88 Å². The van der Waals surface area contributed by atoms with Crippen molar-refractivity contribution in [3.05, 3.63) is 27.7 Å². The fraction of sp³-hybridized carbons (Fsp3) is 0.632. The number of nitrogens with zero attached hydrogens (tertiary/aromatic N) is 3. The fourth-order valence-electron chi connectivity index (χ4n) is 3.71. The minimum absolute atomic E-state index is 0. The molecule has 3 N–H and O–H groups in total. The van der Waals surface area contributed by atoms with Crippen LogP contribution in [0.15, 0.2) is 10.9 Å². The quantitative estimate of drug-likeness (QED) is 0.697. The molecule has 0 radical (unpaired) electrons. The third-order valence-electron chi connectivity index (χ3n) is 5.27. The highest BCUT2D eigenvalue weighted by molar-refractivity contribution is 5.96. The van der Waals surface area contributed by atoms with Gasteiger partial charge in [0.25, 0.3) is 11.5 Å². The zero-order valence-corrected chi connectivity index (χ0v) is 17.1. The summed E-state index contributed by atoms with van der Waals surface area (Å²) >= 11 is 0. The molecule has 1 saturated heterocycles. The van der Waals surface area contributed by atoms with Crippen molar-refractivity contribution >= 4 is 24.0 Å². The van der Waals surface area contributed by atoms with Crippen molar-refractivity contribution in [3.8, 4) is 5.88 Å². The Morgan fingerprint density at radius 3 is 2.75 bits per heavy atom. The SMILES string of the molecule is CC(C)Cn1c(O)c(C(=O)NC2CC2)c(=O)n2nc(C3CCCNC3)cc12.Cl. The first kappa shape index (κ1) is 20.7. The standard InChI is InChI=1S/C19H27N5O3.ClH/c1-11(2)10-23-15-8-14(12-4-3-7-20-9-12)22-24(15)19(27)16(18(23)26)17(25)21-13-5-6-13;/h8,11-13,20,26H,3-7,9-10H2,1-2H3,(H,21,25);1H. The molecule has 9 heteroatoms. The van der Waals surface area contributed by atoms with Gasteiger partial charge in [-0.25, -0.2) is 0 Å². The summed E-state index contributed by atoms with van der Waals surface area (Å²) in [7, 11) is 0. The van der Waals surface area contributed by atoms with Crippen LogP contribution in [0.3, 0.4) is 0 Å². The molecule has 2 aliphatic rings. The fourth-order valence-corrected chi connectivity index (χ4v) is 3.71. The van der Waals surface area contributed by atoms with Crippen molar-refractivity contribution in [2.75, 3.05) is 13.1 Å². The van der Waals surface area contributed by atoms with Gasteiger partial charge in [0, 0.05) is 31.1 Å². The molecule has 4 rings (SSSR count). The van der Waals surface area contributed by atoms with Gasteiger partial charge in [-0.1, -0.05) is 13.8 Å². The second-order valence-electron chi connectivity index (χ2n) is 8.14. The summed E-state index contributed by atoms with van der Waals surface area (Å²) in [4.78, 5) is 25.6. The van der Waals surface area contributed by atoms with E-state index in [0.29, 0.717) is 12.2 Å². The molecular weight excluding hydrogens is 382 g/mol. The zero-order chi connectivity index (χ0) is 19.1. The molecule has 0 bridgehead atoms. The Balaban J connectivity index is 0.00000225. The summed E-state index contributed by atoms with van der Waals surface area (Å²) in [5.41, 5.74) is 0.591. The maximum atomic E-state index is 13.0. The number of halogens is 1. The second-order valence-corrected chi connectivity index (χ2v) is 8.14. The highest BCUT2D eigenvalue weighted by Crippen LogP contribution is 2.26. The molecule has 1 unspecified atom stereocenters. The average molecular weight is 410 g/mol. The highest BCUT2D eigenvalue weighted by Gasteiger charge is 2.30. The number of carbonyl (C=O) groups excluding carboxylic acids is 1. The largest absolute Gasteiger partial charge is 0.494 e. The molecule has 2 aromatic rings. The summed E-state index contributed by atoms with van der Waals surface area (Å²) in [6.45, 7) is 6.37. The molecule has 0 aromatic carbocycles. The maximum Gasteiger partial charge on any atom is 0.291 e. The van der Waals surface area contributed by atoms with Gasteiger partial charge in [-0.3, -0.25) is 14.2 Å². The van der Waals surface area contributed by atoms with Crippen LogP contribution >= 0.6 is 12.4 Å². The Hall–Kier alpha value is -2.06. The van der Waals surface area contributed by atoms with E-state index in [2.05, 4.69) is 15.7 Å². The minimum atomic E-state index is -0.560. The van der Waals surface area contributed by atoms with Crippen LogP contribution in [0.25, 0.3) is 5.65 Å². The number of rotatable bonds is 5. The molecule has 2 fully saturated rings. The summed E-state index contributed by atoms with van der Waals surface area (Å²) < 4.78 is 2.93. The van der Waals surface area contributed by atoms with Gasteiger partial charge >= 0.3 is 0 Å². The van der Waals surface area contributed by atoms with Gasteiger partial charge in [-0.2, -0.15) is 9.61 Å². The maximum absolute atomic E-state index is 13.0. The lowest BCUT2D eigenvalue weighted by molar-refractivity contribution is 0.0944. The number of hydrogen-bond donors (Lipinski definition) is 3. The van der Waals surface area contributed by atoms with E-state index in [1.165, 1.54) is 4.52 Å². The number of carbonyl (C=O) groups is 1. The lowest BCUT2D eigenvalue weighted by atomic mass is 9.96. The molecule has 8 nitrogen and oxygen atoms in total. The summed E-state index contributed by atoms with van der Waals surface area (Å²) in [5, 5.41) is 21.5. The predicted octanol–water partition coefficient (Wildman–Crippen LogP) is 1.64. The van der Waals surface area contributed by atoms with Crippen molar-refractivity contribution < 1.29 is 9.90 Å². The van der Waals surface area contributed by atoms with E-state index >= 15 is 0 Å². The molecule has 0 spiro atoms. The van der Waals surface area contributed by atoms with Gasteiger partial charge in [-0.15, -0.1) is 12.4 Å². The first-order valence-electron chi connectivity index (χ1n) is 9.82. The predicted molar refractivity (Wildman–Crippen MR) is 109 cm³/mol. The van der Waals surface area contributed by atoms with E-state index < -0.39 is 11.5 Å². The Labute approximate surface area is 169 Å². The lowest BCUT2D eigenvalue weighted by Gasteiger charge is -2.20. The van der Waals surface area contributed by atoms with Crippen molar-refractivity contribution in [1.82, 2.24) is 24.8 Å². The van der Waals surface area contributed by atoms with E-state index in [4.69, 9.17) is 0 Å². The second kappa shape index (κ2) is 8.13. The third-order valence-corrected chi connectivity index (χ3v) is 5.27. The van der Waals surface area contributed by atoms with Crippen LogP contribution in [0.4, 0.5) is 0 Å². The monoisotopic (exact) mass is 409 g/mol. The van der Waals surface area contributed by atoms with Crippen molar-refractivity contribution in [2.45, 2.75) is 58.0 Å². The van der Waals surface area contributed by atoms with Crippen LogP contribution in [-0.4, -0.2) is 44.3 Å². The van der Waals surface area contributed by atoms with Gasteiger partial charge < -0.3 is 15.7 Å². The Morgan fingerprint density at radius 1 is 1.39 bits per heavy atom. The first-order valence-corrected chi connectivity index (χ1v) is 9.82. The van der Waals surface area contributed by atoms with Gasteiger partial charge in [0.1, 0.15) is 5.65 Å². The highest BCUT2D eigenvalue weighted by atomic mass is 35.5. The zero-order valence-electron chi connectivity index (χ0n) is 16.3. The van der Waals surface area contributed by atoms with E-state index in [-0.39, 0.29) is 41.7 Å². The van der Waals surface area contributed by atoms with Gasteiger partial charge in [0.15, 0.2) is 5.56 Å².